The molecule has 0 aromatic carbocycles. The van der Waals surface area contributed by atoms with E-state index >= 15 is 0 Å². The fourth-order valence-corrected chi connectivity index (χ4v) is 2.40. The number of H-pyrrole nitrogens is 1. The van der Waals surface area contributed by atoms with Gasteiger partial charge in [-0.25, -0.2) is 15.0 Å². The van der Waals surface area contributed by atoms with E-state index in [0.717, 1.165) is 23.4 Å². The highest BCUT2D eigenvalue weighted by Gasteiger charge is 2.15. The third kappa shape index (κ3) is 1.70. The molecule has 8 heteroatoms. The molecule has 3 aromatic heterocycles. The Morgan fingerprint density at radius 2 is 2.28 bits per heavy atom. The van der Waals surface area contributed by atoms with E-state index in [2.05, 4.69) is 36.4 Å². The van der Waals surface area contributed by atoms with Gasteiger partial charge in [-0.3, -0.25) is 0 Å². The minimum atomic E-state index is 0.397. The quantitative estimate of drug-likeness (QED) is 0.738. The van der Waals surface area contributed by atoms with Crippen LogP contribution in [0.15, 0.2) is 6.33 Å². The van der Waals surface area contributed by atoms with Crippen LogP contribution in [0.3, 0.4) is 0 Å². The molecule has 0 spiro atoms. The Balaban J connectivity index is 2.14. The number of fused-ring (bicyclic) bond motifs is 1. The average Bonchev–Trinajstić information content (AvgIpc) is 2.95. The number of imidazole rings is 1. The van der Waals surface area contributed by atoms with Crippen molar-refractivity contribution in [2.45, 2.75) is 19.8 Å². The fraction of sp³-hybridized carbons (Fsp3) is 0.300. The lowest BCUT2D eigenvalue weighted by Gasteiger charge is -1.94. The van der Waals surface area contributed by atoms with Gasteiger partial charge in [-0.1, -0.05) is 17.8 Å². The van der Waals surface area contributed by atoms with Gasteiger partial charge in [0.2, 0.25) is 0 Å². The highest BCUT2D eigenvalue weighted by Crippen LogP contribution is 2.27. The summed E-state index contributed by atoms with van der Waals surface area (Å²) in [7, 11) is 0. The molecule has 0 amide bonds. The van der Waals surface area contributed by atoms with Crippen molar-refractivity contribution in [1.82, 2.24) is 29.5 Å². The molecule has 0 radical (unpaired) electrons. The van der Waals surface area contributed by atoms with E-state index in [1.165, 1.54) is 17.9 Å². The predicted molar refractivity (Wildman–Crippen MR) is 69.0 cm³/mol. The molecule has 7 nitrogen and oxygen atoms in total. The number of hydrogen-bond acceptors (Lipinski definition) is 7. The first-order valence-electron chi connectivity index (χ1n) is 5.57. The fourth-order valence-electron chi connectivity index (χ4n) is 1.74. The van der Waals surface area contributed by atoms with Crippen LogP contribution in [0.25, 0.3) is 21.9 Å². The Hall–Kier alpha value is -2.09. The zero-order valence-corrected chi connectivity index (χ0v) is 10.5. The van der Waals surface area contributed by atoms with Crippen molar-refractivity contribution in [3.8, 4) is 10.7 Å². The van der Waals surface area contributed by atoms with Crippen molar-refractivity contribution >= 4 is 28.5 Å². The molecule has 0 fully saturated rings. The molecule has 3 rings (SSSR count). The molecule has 18 heavy (non-hydrogen) atoms. The van der Waals surface area contributed by atoms with Gasteiger partial charge in [0.25, 0.3) is 0 Å². The minimum Gasteiger partial charge on any atom is -0.382 e. The van der Waals surface area contributed by atoms with Crippen LogP contribution in [0.1, 0.15) is 19.0 Å². The van der Waals surface area contributed by atoms with Gasteiger partial charge in [0.1, 0.15) is 16.7 Å². The molecule has 3 N–H and O–H groups in total. The molecule has 0 aliphatic rings. The highest BCUT2D eigenvalue weighted by atomic mass is 32.1. The van der Waals surface area contributed by atoms with Gasteiger partial charge in [0.15, 0.2) is 17.3 Å². The van der Waals surface area contributed by atoms with Crippen LogP contribution in [0.2, 0.25) is 0 Å². The highest BCUT2D eigenvalue weighted by molar-refractivity contribution is 7.09. The average molecular weight is 261 g/mol. The normalized spacial score (nSPS) is 11.2. The van der Waals surface area contributed by atoms with E-state index in [0.29, 0.717) is 22.8 Å². The van der Waals surface area contributed by atoms with Gasteiger partial charge in [0.05, 0.1) is 5.69 Å². The summed E-state index contributed by atoms with van der Waals surface area (Å²) in [6.07, 6.45) is 3.30. The summed E-state index contributed by atoms with van der Waals surface area (Å²) in [5, 5.41) is 4.12. The molecule has 0 bridgehead atoms. The maximum atomic E-state index is 5.77. The second kappa shape index (κ2) is 4.30. The van der Waals surface area contributed by atoms with Crippen LogP contribution in [0.4, 0.5) is 5.82 Å². The summed E-state index contributed by atoms with van der Waals surface area (Å²) < 4.78 is 3.97. The molecular formula is C10H11N7S. The molecule has 0 unspecified atom stereocenters. The maximum absolute atomic E-state index is 5.77. The van der Waals surface area contributed by atoms with Gasteiger partial charge >= 0.3 is 0 Å². The molecule has 92 valence electrons. The molecule has 3 heterocycles. The van der Waals surface area contributed by atoms with Crippen molar-refractivity contribution in [2.24, 2.45) is 0 Å². The number of nitrogen functional groups attached to an aromatic ring is 1. The molecule has 0 saturated heterocycles. The van der Waals surface area contributed by atoms with Crippen molar-refractivity contribution < 1.29 is 0 Å². The van der Waals surface area contributed by atoms with E-state index in [1.54, 1.807) is 0 Å². The van der Waals surface area contributed by atoms with Crippen molar-refractivity contribution in [3.05, 3.63) is 12.0 Å². The SMILES string of the molecule is CCCc1nnsc1-c1nc2ncnc(N)c2[nH]1. The third-order valence-corrected chi connectivity index (χ3v) is 3.35. The van der Waals surface area contributed by atoms with Crippen LogP contribution in [0, 0.1) is 0 Å². The lowest BCUT2D eigenvalue weighted by Crippen LogP contribution is -1.91. The van der Waals surface area contributed by atoms with E-state index in [9.17, 15) is 0 Å². The number of anilines is 1. The van der Waals surface area contributed by atoms with Crippen LogP contribution >= 0.6 is 11.5 Å². The number of hydrogen-bond donors (Lipinski definition) is 2. The number of nitrogens with one attached hydrogen (secondary N) is 1. The van der Waals surface area contributed by atoms with E-state index in [-0.39, 0.29) is 0 Å². The Morgan fingerprint density at radius 1 is 1.39 bits per heavy atom. The van der Waals surface area contributed by atoms with E-state index < -0.39 is 0 Å². The van der Waals surface area contributed by atoms with Gasteiger partial charge in [-0.2, -0.15) is 0 Å². The first kappa shape index (κ1) is 11.0. The molecular weight excluding hydrogens is 250 g/mol. The third-order valence-electron chi connectivity index (χ3n) is 2.58. The summed E-state index contributed by atoms with van der Waals surface area (Å²) in [6, 6.07) is 0. The Kier molecular flexibility index (Phi) is 2.63. The lowest BCUT2D eigenvalue weighted by molar-refractivity contribution is 0.870. The number of rotatable bonds is 3. The first-order chi connectivity index (χ1) is 8.79. The largest absolute Gasteiger partial charge is 0.382 e. The van der Waals surface area contributed by atoms with E-state index in [1.807, 2.05) is 0 Å². The number of nitrogens with two attached hydrogens (primary N) is 1. The minimum absolute atomic E-state index is 0.397. The second-order valence-corrected chi connectivity index (χ2v) is 4.60. The maximum Gasteiger partial charge on any atom is 0.183 e. The molecule has 3 aromatic rings. The Labute approximate surface area is 107 Å². The standard InChI is InChI=1S/C10H11N7S/c1-2-3-5-7(18-17-16-5)10-14-6-8(11)12-4-13-9(6)15-10/h4H,2-3H2,1H3,(H3,11,12,13,14,15). The van der Waals surface area contributed by atoms with Gasteiger partial charge < -0.3 is 10.7 Å². The molecule has 0 saturated carbocycles. The summed E-state index contributed by atoms with van der Waals surface area (Å²) in [5.41, 5.74) is 7.94. The lowest BCUT2D eigenvalue weighted by atomic mass is 10.2. The van der Waals surface area contributed by atoms with Crippen LogP contribution < -0.4 is 5.73 Å². The van der Waals surface area contributed by atoms with E-state index in [4.69, 9.17) is 5.73 Å². The number of aryl methyl sites for hydroxylation is 1. The summed E-state index contributed by atoms with van der Waals surface area (Å²) in [4.78, 5) is 16.5. The first-order valence-corrected chi connectivity index (χ1v) is 6.34. The Morgan fingerprint density at radius 3 is 3.06 bits per heavy atom. The van der Waals surface area contributed by atoms with Crippen molar-refractivity contribution in [2.75, 3.05) is 5.73 Å². The monoisotopic (exact) mass is 261 g/mol. The number of aromatic amines is 1. The van der Waals surface area contributed by atoms with Crippen LogP contribution in [-0.2, 0) is 6.42 Å². The number of aromatic nitrogens is 6. The molecule has 0 aliphatic heterocycles. The van der Waals surface area contributed by atoms with Crippen LogP contribution in [0.5, 0.6) is 0 Å². The zero-order valence-electron chi connectivity index (χ0n) is 9.71. The predicted octanol–water partition coefficient (Wildman–Crippen LogP) is 1.41. The second-order valence-electron chi connectivity index (χ2n) is 3.84. The molecule has 0 aliphatic carbocycles. The van der Waals surface area contributed by atoms with Gasteiger partial charge in [-0.05, 0) is 18.0 Å². The summed E-state index contributed by atoms with van der Waals surface area (Å²) >= 11 is 1.32. The topological polar surface area (TPSA) is 106 Å². The van der Waals surface area contributed by atoms with Crippen molar-refractivity contribution in [3.63, 3.8) is 0 Å². The summed E-state index contributed by atoms with van der Waals surface area (Å²) in [5.74, 6) is 1.10. The zero-order chi connectivity index (χ0) is 12.5. The molecule has 0 atom stereocenters. The van der Waals surface area contributed by atoms with Crippen LogP contribution in [-0.4, -0.2) is 29.5 Å². The summed E-state index contributed by atoms with van der Waals surface area (Å²) in [6.45, 7) is 2.10. The van der Waals surface area contributed by atoms with Gasteiger partial charge in [-0.15, -0.1) is 5.10 Å². The Bertz CT molecular complexity index is 686. The van der Waals surface area contributed by atoms with Gasteiger partial charge in [0, 0.05) is 0 Å². The number of nitrogens with zero attached hydrogens (tertiary/aromatic N) is 5. The van der Waals surface area contributed by atoms with Crippen molar-refractivity contribution in [1.29, 1.82) is 0 Å². The smallest absolute Gasteiger partial charge is 0.183 e.